The fourth-order valence-corrected chi connectivity index (χ4v) is 3.63. The molecule has 3 nitrogen and oxygen atoms in total. The molecule has 1 aliphatic heterocycles. The third-order valence-electron chi connectivity index (χ3n) is 4.88. The van der Waals surface area contributed by atoms with Crippen LogP contribution in [0.4, 0.5) is 0 Å². The molecule has 2 heterocycles. The third kappa shape index (κ3) is 2.46. The molecule has 2 unspecified atom stereocenters. The van der Waals surface area contributed by atoms with Crippen molar-refractivity contribution >= 4 is 0 Å². The SMILES string of the molecule is CC1CCCCC1Cn1cncc1[C@@H]1CCCN1. The van der Waals surface area contributed by atoms with Crippen LogP contribution in [0.1, 0.15) is 57.2 Å². The molecule has 1 saturated carbocycles. The normalized spacial score (nSPS) is 32.8. The molecule has 2 fully saturated rings. The summed E-state index contributed by atoms with van der Waals surface area (Å²) >= 11 is 0. The minimum absolute atomic E-state index is 0.548. The lowest BCUT2D eigenvalue weighted by molar-refractivity contribution is 0.226. The molecule has 1 saturated heterocycles. The first-order valence-corrected chi connectivity index (χ1v) is 7.58. The van der Waals surface area contributed by atoms with Gasteiger partial charge in [0.1, 0.15) is 0 Å². The van der Waals surface area contributed by atoms with E-state index in [1.807, 2.05) is 6.33 Å². The van der Waals surface area contributed by atoms with Crippen LogP contribution in [0.2, 0.25) is 0 Å². The van der Waals surface area contributed by atoms with Gasteiger partial charge in [0.2, 0.25) is 0 Å². The molecule has 3 rings (SSSR count). The van der Waals surface area contributed by atoms with Crippen LogP contribution >= 0.6 is 0 Å². The van der Waals surface area contributed by atoms with Crippen molar-refractivity contribution in [1.82, 2.24) is 14.9 Å². The predicted molar refractivity (Wildman–Crippen MR) is 73.3 cm³/mol. The van der Waals surface area contributed by atoms with E-state index in [4.69, 9.17) is 0 Å². The van der Waals surface area contributed by atoms with Gasteiger partial charge in [0, 0.05) is 18.8 Å². The number of hydrogen-bond donors (Lipinski definition) is 1. The van der Waals surface area contributed by atoms with Crippen LogP contribution in [0.5, 0.6) is 0 Å². The van der Waals surface area contributed by atoms with Crippen LogP contribution in [0.25, 0.3) is 0 Å². The summed E-state index contributed by atoms with van der Waals surface area (Å²) in [6.07, 6.45) is 12.3. The Hall–Kier alpha value is -0.830. The summed E-state index contributed by atoms with van der Waals surface area (Å²) in [5.74, 6) is 1.73. The lowest BCUT2D eigenvalue weighted by Crippen LogP contribution is -2.24. The highest BCUT2D eigenvalue weighted by atomic mass is 15.1. The molecule has 3 heteroatoms. The zero-order valence-electron chi connectivity index (χ0n) is 11.4. The van der Waals surface area contributed by atoms with E-state index < -0.39 is 0 Å². The van der Waals surface area contributed by atoms with E-state index in [0.717, 1.165) is 18.4 Å². The van der Waals surface area contributed by atoms with Crippen LogP contribution < -0.4 is 5.32 Å². The van der Waals surface area contributed by atoms with Crippen molar-refractivity contribution in [2.45, 2.75) is 58.0 Å². The summed E-state index contributed by atoms with van der Waals surface area (Å²) in [6, 6.07) is 0.548. The Labute approximate surface area is 110 Å². The number of nitrogens with one attached hydrogen (secondary N) is 1. The van der Waals surface area contributed by atoms with E-state index in [2.05, 4.69) is 28.0 Å². The number of nitrogens with zero attached hydrogens (tertiary/aromatic N) is 2. The average molecular weight is 247 g/mol. The Kier molecular flexibility index (Phi) is 3.69. The maximum Gasteiger partial charge on any atom is 0.0948 e. The summed E-state index contributed by atoms with van der Waals surface area (Å²) in [5, 5.41) is 3.59. The van der Waals surface area contributed by atoms with Gasteiger partial charge in [-0.15, -0.1) is 0 Å². The van der Waals surface area contributed by atoms with E-state index in [1.54, 1.807) is 0 Å². The molecule has 1 aliphatic carbocycles. The summed E-state index contributed by atoms with van der Waals surface area (Å²) in [6.45, 7) is 4.76. The molecule has 1 aromatic heterocycles. The van der Waals surface area contributed by atoms with Crippen molar-refractivity contribution < 1.29 is 0 Å². The van der Waals surface area contributed by atoms with Crippen molar-refractivity contribution in [3.63, 3.8) is 0 Å². The molecule has 18 heavy (non-hydrogen) atoms. The second kappa shape index (κ2) is 5.43. The van der Waals surface area contributed by atoms with Crippen LogP contribution in [0.3, 0.4) is 0 Å². The van der Waals surface area contributed by atoms with Crippen molar-refractivity contribution in [3.8, 4) is 0 Å². The van der Waals surface area contributed by atoms with E-state index in [9.17, 15) is 0 Å². The summed E-state index contributed by atoms with van der Waals surface area (Å²) in [5.41, 5.74) is 1.41. The first-order chi connectivity index (χ1) is 8.84. The molecule has 0 radical (unpaired) electrons. The fraction of sp³-hybridized carbons (Fsp3) is 0.800. The van der Waals surface area contributed by atoms with Crippen molar-refractivity contribution in [3.05, 3.63) is 18.2 Å². The zero-order chi connectivity index (χ0) is 12.4. The Bertz CT molecular complexity index is 379. The van der Waals surface area contributed by atoms with Gasteiger partial charge in [0.15, 0.2) is 0 Å². The smallest absolute Gasteiger partial charge is 0.0948 e. The molecule has 1 N–H and O–H groups in total. The second-order valence-electron chi connectivity index (χ2n) is 6.14. The zero-order valence-corrected chi connectivity index (χ0v) is 11.4. The molecule has 3 atom stereocenters. The number of imidazole rings is 1. The van der Waals surface area contributed by atoms with Crippen molar-refractivity contribution in [2.24, 2.45) is 11.8 Å². The van der Waals surface area contributed by atoms with Crippen LogP contribution in [0.15, 0.2) is 12.5 Å². The molecular weight excluding hydrogens is 222 g/mol. The maximum absolute atomic E-state index is 4.38. The largest absolute Gasteiger partial charge is 0.333 e. The lowest BCUT2D eigenvalue weighted by Gasteiger charge is -2.30. The quantitative estimate of drug-likeness (QED) is 0.889. The Morgan fingerprint density at radius 1 is 1.28 bits per heavy atom. The summed E-state index contributed by atoms with van der Waals surface area (Å²) in [7, 11) is 0. The number of aromatic nitrogens is 2. The molecule has 0 spiro atoms. The van der Waals surface area contributed by atoms with E-state index >= 15 is 0 Å². The van der Waals surface area contributed by atoms with Gasteiger partial charge in [-0.3, -0.25) is 0 Å². The minimum Gasteiger partial charge on any atom is -0.333 e. The Balaban J connectivity index is 1.70. The first-order valence-electron chi connectivity index (χ1n) is 7.58. The second-order valence-corrected chi connectivity index (χ2v) is 6.14. The van der Waals surface area contributed by atoms with Crippen molar-refractivity contribution in [2.75, 3.05) is 6.54 Å². The predicted octanol–water partition coefficient (Wildman–Crippen LogP) is 3.13. The molecule has 0 bridgehead atoms. The molecule has 2 aliphatic rings. The standard InChI is InChI=1S/C15H25N3/c1-12-5-2-3-6-13(12)10-18-11-16-9-15(18)14-7-4-8-17-14/h9,11-14,17H,2-8,10H2,1H3/t12?,13?,14-/m0/s1. The van der Waals surface area contributed by atoms with Gasteiger partial charge in [-0.05, 0) is 37.6 Å². The summed E-state index contributed by atoms with van der Waals surface area (Å²) < 4.78 is 2.41. The van der Waals surface area contributed by atoms with Crippen LogP contribution in [-0.2, 0) is 6.54 Å². The summed E-state index contributed by atoms with van der Waals surface area (Å²) in [4.78, 5) is 4.38. The van der Waals surface area contributed by atoms with E-state index in [0.29, 0.717) is 6.04 Å². The molecular formula is C15H25N3. The number of hydrogen-bond acceptors (Lipinski definition) is 2. The average Bonchev–Trinajstić information content (AvgIpc) is 3.02. The van der Waals surface area contributed by atoms with Gasteiger partial charge in [-0.25, -0.2) is 4.98 Å². The third-order valence-corrected chi connectivity index (χ3v) is 4.88. The van der Waals surface area contributed by atoms with Gasteiger partial charge in [0.25, 0.3) is 0 Å². The topological polar surface area (TPSA) is 29.9 Å². The number of rotatable bonds is 3. The van der Waals surface area contributed by atoms with E-state index in [-0.39, 0.29) is 0 Å². The minimum atomic E-state index is 0.548. The Morgan fingerprint density at radius 3 is 2.94 bits per heavy atom. The van der Waals surface area contributed by atoms with Gasteiger partial charge in [0.05, 0.1) is 12.0 Å². The van der Waals surface area contributed by atoms with Crippen LogP contribution in [0, 0.1) is 11.8 Å². The highest BCUT2D eigenvalue weighted by molar-refractivity contribution is 5.07. The monoisotopic (exact) mass is 247 g/mol. The highest BCUT2D eigenvalue weighted by Gasteiger charge is 2.24. The molecule has 0 aromatic carbocycles. The van der Waals surface area contributed by atoms with Crippen LogP contribution in [-0.4, -0.2) is 16.1 Å². The Morgan fingerprint density at radius 2 is 2.17 bits per heavy atom. The lowest BCUT2D eigenvalue weighted by atomic mass is 9.80. The van der Waals surface area contributed by atoms with Gasteiger partial charge in [-0.1, -0.05) is 26.2 Å². The fourth-order valence-electron chi connectivity index (χ4n) is 3.63. The van der Waals surface area contributed by atoms with Crippen molar-refractivity contribution in [1.29, 1.82) is 0 Å². The van der Waals surface area contributed by atoms with Gasteiger partial charge >= 0.3 is 0 Å². The van der Waals surface area contributed by atoms with E-state index in [1.165, 1.54) is 50.8 Å². The van der Waals surface area contributed by atoms with Gasteiger partial charge in [-0.2, -0.15) is 0 Å². The molecule has 100 valence electrons. The molecule has 1 aromatic rings. The highest BCUT2D eigenvalue weighted by Crippen LogP contribution is 2.32. The maximum atomic E-state index is 4.38. The first kappa shape index (κ1) is 12.2. The molecule has 0 amide bonds. The van der Waals surface area contributed by atoms with Gasteiger partial charge < -0.3 is 9.88 Å².